The molecule has 0 aliphatic rings. The summed E-state index contributed by atoms with van der Waals surface area (Å²) in [7, 11) is 1.50. The van der Waals surface area contributed by atoms with Gasteiger partial charge in [0.15, 0.2) is 5.82 Å². The van der Waals surface area contributed by atoms with Crippen molar-refractivity contribution in [3.05, 3.63) is 29.8 Å². The molecule has 0 radical (unpaired) electrons. The van der Waals surface area contributed by atoms with Crippen LogP contribution in [0.4, 0.5) is 9.93 Å². The van der Waals surface area contributed by atoms with E-state index in [1.807, 2.05) is 0 Å². The number of carbonyl (C=O) groups is 2. The maximum atomic E-state index is 11.1. The minimum Gasteiger partial charge on any atom is -0.478 e. The molecule has 1 aromatic heterocycles. The Balaban J connectivity index is 2.18. The topological polar surface area (TPSA) is 104 Å². The number of aromatic carboxylic acids is 1. The van der Waals surface area contributed by atoms with E-state index < -0.39 is 5.97 Å². The van der Waals surface area contributed by atoms with Crippen molar-refractivity contribution in [1.29, 1.82) is 0 Å². The highest BCUT2D eigenvalue weighted by Gasteiger charge is 2.09. The van der Waals surface area contributed by atoms with Gasteiger partial charge in [-0.05, 0) is 12.1 Å². The summed E-state index contributed by atoms with van der Waals surface area (Å²) in [5.74, 6) is -0.548. The average molecular weight is 278 g/mol. The molecule has 2 amide bonds. The van der Waals surface area contributed by atoms with Crippen LogP contribution in [-0.4, -0.2) is 33.5 Å². The smallest absolute Gasteiger partial charge is 0.335 e. The second-order valence-corrected chi connectivity index (χ2v) is 4.26. The molecule has 0 spiro atoms. The third kappa shape index (κ3) is 3.05. The van der Waals surface area contributed by atoms with Gasteiger partial charge in [0.25, 0.3) is 0 Å². The van der Waals surface area contributed by atoms with Crippen molar-refractivity contribution in [3.8, 4) is 11.4 Å². The first-order valence-electron chi connectivity index (χ1n) is 5.26. The van der Waals surface area contributed by atoms with Gasteiger partial charge in [0.2, 0.25) is 5.13 Å². The summed E-state index contributed by atoms with van der Waals surface area (Å²) in [5.41, 5.74) is 0.883. The predicted molar refractivity (Wildman–Crippen MR) is 70.4 cm³/mol. The Kier molecular flexibility index (Phi) is 3.71. The van der Waals surface area contributed by atoms with Gasteiger partial charge in [0.1, 0.15) is 0 Å². The number of carbonyl (C=O) groups excluding carboxylic acids is 1. The van der Waals surface area contributed by atoms with E-state index >= 15 is 0 Å². The first-order valence-corrected chi connectivity index (χ1v) is 6.03. The zero-order valence-corrected chi connectivity index (χ0v) is 10.7. The standard InChI is InChI=1S/C11H10N4O3S/c1-12-10(18)14-11-13-8(15-19-11)6-2-4-7(5-3-6)9(16)17/h2-5H,1H3,(H,16,17)(H2,12,13,14,15,18). The van der Waals surface area contributed by atoms with Crippen LogP contribution >= 0.6 is 11.5 Å². The molecule has 0 saturated heterocycles. The highest BCUT2D eigenvalue weighted by Crippen LogP contribution is 2.21. The zero-order valence-electron chi connectivity index (χ0n) is 9.88. The van der Waals surface area contributed by atoms with Crippen LogP contribution in [0.15, 0.2) is 24.3 Å². The fourth-order valence-electron chi connectivity index (χ4n) is 1.31. The molecule has 0 fully saturated rings. The molecule has 2 aromatic rings. The van der Waals surface area contributed by atoms with Crippen LogP contribution in [0.1, 0.15) is 10.4 Å². The van der Waals surface area contributed by atoms with Crippen LogP contribution in [0, 0.1) is 0 Å². The van der Waals surface area contributed by atoms with Crippen molar-refractivity contribution >= 4 is 28.7 Å². The Hall–Kier alpha value is -2.48. The lowest BCUT2D eigenvalue weighted by Crippen LogP contribution is -2.24. The Morgan fingerprint density at radius 2 is 1.95 bits per heavy atom. The number of nitrogens with zero attached hydrogens (tertiary/aromatic N) is 2. The van der Waals surface area contributed by atoms with E-state index in [1.54, 1.807) is 12.1 Å². The summed E-state index contributed by atoms with van der Waals surface area (Å²) in [6.45, 7) is 0. The first kappa shape index (κ1) is 13.0. The fraction of sp³-hybridized carbons (Fsp3) is 0.0909. The zero-order chi connectivity index (χ0) is 13.8. The van der Waals surface area contributed by atoms with E-state index in [2.05, 4.69) is 20.0 Å². The van der Waals surface area contributed by atoms with Crippen LogP contribution in [0.3, 0.4) is 0 Å². The molecule has 1 heterocycles. The van der Waals surface area contributed by atoms with Crippen LogP contribution in [0.25, 0.3) is 11.4 Å². The molecule has 98 valence electrons. The lowest BCUT2D eigenvalue weighted by Gasteiger charge is -1.98. The molecule has 0 saturated carbocycles. The number of amides is 2. The number of urea groups is 1. The maximum absolute atomic E-state index is 11.1. The summed E-state index contributed by atoms with van der Waals surface area (Å²) in [4.78, 5) is 26.0. The average Bonchev–Trinajstić information content (AvgIpc) is 2.87. The van der Waals surface area contributed by atoms with Gasteiger partial charge in [-0.1, -0.05) is 12.1 Å². The number of nitrogens with one attached hydrogen (secondary N) is 2. The third-order valence-electron chi connectivity index (χ3n) is 2.26. The van der Waals surface area contributed by atoms with E-state index in [-0.39, 0.29) is 11.6 Å². The predicted octanol–water partition coefficient (Wildman–Crippen LogP) is 1.65. The number of benzene rings is 1. The monoisotopic (exact) mass is 278 g/mol. The van der Waals surface area contributed by atoms with E-state index in [4.69, 9.17) is 5.11 Å². The quantitative estimate of drug-likeness (QED) is 0.792. The van der Waals surface area contributed by atoms with Crippen molar-refractivity contribution in [2.45, 2.75) is 0 Å². The van der Waals surface area contributed by atoms with E-state index in [9.17, 15) is 9.59 Å². The molecule has 7 nitrogen and oxygen atoms in total. The summed E-state index contributed by atoms with van der Waals surface area (Å²) in [6, 6.07) is 5.82. The van der Waals surface area contributed by atoms with Gasteiger partial charge in [-0.15, -0.1) is 0 Å². The highest BCUT2D eigenvalue weighted by molar-refractivity contribution is 7.10. The lowest BCUT2D eigenvalue weighted by atomic mass is 10.1. The number of aromatic nitrogens is 2. The number of carboxylic acid groups (broad SMARTS) is 1. The SMILES string of the molecule is CNC(=O)Nc1nc(-c2ccc(C(=O)O)cc2)ns1. The molecule has 2 rings (SSSR count). The van der Waals surface area contributed by atoms with Crippen LogP contribution < -0.4 is 10.6 Å². The number of anilines is 1. The minimum atomic E-state index is -0.986. The molecule has 0 bridgehead atoms. The van der Waals surface area contributed by atoms with E-state index in [0.717, 1.165) is 11.5 Å². The number of carboxylic acids is 1. The van der Waals surface area contributed by atoms with Gasteiger partial charge in [0, 0.05) is 24.1 Å². The first-order chi connectivity index (χ1) is 9.10. The summed E-state index contributed by atoms with van der Waals surface area (Å²) in [5, 5.41) is 14.1. The van der Waals surface area contributed by atoms with Crippen molar-refractivity contribution in [2.75, 3.05) is 12.4 Å². The lowest BCUT2D eigenvalue weighted by molar-refractivity contribution is 0.0697. The molecular weight excluding hydrogens is 268 g/mol. The Morgan fingerprint density at radius 1 is 1.26 bits per heavy atom. The van der Waals surface area contributed by atoms with Crippen LogP contribution in [0.5, 0.6) is 0 Å². The van der Waals surface area contributed by atoms with Crippen molar-refractivity contribution in [1.82, 2.24) is 14.7 Å². The maximum Gasteiger partial charge on any atom is 0.335 e. The Morgan fingerprint density at radius 3 is 2.53 bits per heavy atom. The number of hydrogen-bond donors (Lipinski definition) is 3. The van der Waals surface area contributed by atoms with Gasteiger partial charge >= 0.3 is 12.0 Å². The Labute approximate surface area is 112 Å². The molecule has 19 heavy (non-hydrogen) atoms. The van der Waals surface area contributed by atoms with Gasteiger partial charge < -0.3 is 10.4 Å². The molecular formula is C11H10N4O3S. The third-order valence-corrected chi connectivity index (χ3v) is 2.89. The second-order valence-electron chi connectivity index (χ2n) is 3.51. The highest BCUT2D eigenvalue weighted by atomic mass is 32.1. The second kappa shape index (κ2) is 5.44. The minimum absolute atomic E-state index is 0.197. The van der Waals surface area contributed by atoms with E-state index in [0.29, 0.717) is 16.5 Å². The fourth-order valence-corrected chi connectivity index (χ4v) is 1.90. The summed E-state index contributed by atoms with van der Waals surface area (Å²) >= 11 is 1.05. The summed E-state index contributed by atoms with van der Waals surface area (Å²) in [6.07, 6.45) is 0. The summed E-state index contributed by atoms with van der Waals surface area (Å²) < 4.78 is 4.09. The van der Waals surface area contributed by atoms with E-state index in [1.165, 1.54) is 19.2 Å². The van der Waals surface area contributed by atoms with Gasteiger partial charge in [-0.2, -0.15) is 9.36 Å². The number of hydrogen-bond acceptors (Lipinski definition) is 5. The Bertz CT molecular complexity index is 609. The normalized spacial score (nSPS) is 9.95. The van der Waals surface area contributed by atoms with Gasteiger partial charge in [0.05, 0.1) is 5.56 Å². The van der Waals surface area contributed by atoms with Gasteiger partial charge in [-0.25, -0.2) is 9.59 Å². The van der Waals surface area contributed by atoms with Crippen molar-refractivity contribution < 1.29 is 14.7 Å². The van der Waals surface area contributed by atoms with Crippen molar-refractivity contribution in [3.63, 3.8) is 0 Å². The molecule has 1 aromatic carbocycles. The molecule has 8 heteroatoms. The largest absolute Gasteiger partial charge is 0.478 e. The molecule has 0 aliphatic carbocycles. The van der Waals surface area contributed by atoms with Crippen molar-refractivity contribution in [2.24, 2.45) is 0 Å². The number of rotatable bonds is 3. The molecule has 3 N–H and O–H groups in total. The van der Waals surface area contributed by atoms with Crippen LogP contribution in [0.2, 0.25) is 0 Å². The van der Waals surface area contributed by atoms with Gasteiger partial charge in [-0.3, -0.25) is 5.32 Å². The van der Waals surface area contributed by atoms with Crippen LogP contribution in [-0.2, 0) is 0 Å². The molecule has 0 unspecified atom stereocenters. The molecule has 0 atom stereocenters. The molecule has 0 aliphatic heterocycles.